The predicted molar refractivity (Wildman–Crippen MR) is 81.4 cm³/mol. The van der Waals surface area contributed by atoms with Gasteiger partial charge in [0.1, 0.15) is 5.75 Å². The predicted octanol–water partition coefficient (Wildman–Crippen LogP) is 2.55. The van der Waals surface area contributed by atoms with E-state index in [4.69, 9.17) is 4.74 Å². The van der Waals surface area contributed by atoms with E-state index >= 15 is 0 Å². The first-order valence-electron chi connectivity index (χ1n) is 6.61. The van der Waals surface area contributed by atoms with Gasteiger partial charge in [0, 0.05) is 18.3 Å². The minimum Gasteiger partial charge on any atom is -0.497 e. The molecule has 21 heavy (non-hydrogen) atoms. The van der Waals surface area contributed by atoms with E-state index in [2.05, 4.69) is 10.6 Å². The van der Waals surface area contributed by atoms with Gasteiger partial charge in [-0.05, 0) is 17.7 Å². The van der Waals surface area contributed by atoms with Crippen LogP contribution < -0.4 is 15.4 Å². The molecule has 1 unspecified atom stereocenters. The molecule has 2 amide bonds. The summed E-state index contributed by atoms with van der Waals surface area (Å²) in [6, 6.07) is 15.9. The third kappa shape index (κ3) is 4.50. The van der Waals surface area contributed by atoms with Gasteiger partial charge >= 0.3 is 6.03 Å². The number of rotatable bonds is 5. The van der Waals surface area contributed by atoms with Crippen LogP contribution in [0, 0.1) is 0 Å². The molecule has 2 aromatic carbocycles. The number of methoxy groups -OCH3 is 1. The molecule has 5 heteroatoms. The molecule has 2 aromatic rings. The topological polar surface area (TPSA) is 70.6 Å². The largest absolute Gasteiger partial charge is 0.497 e. The number of carbonyl (C=O) groups excluding carboxylic acids is 1. The summed E-state index contributed by atoms with van der Waals surface area (Å²) in [4.78, 5) is 11.8. The van der Waals surface area contributed by atoms with Crippen LogP contribution in [-0.4, -0.2) is 24.8 Å². The molecule has 5 nitrogen and oxygen atoms in total. The highest BCUT2D eigenvalue weighted by Gasteiger charge is 2.09. The molecule has 110 valence electrons. The summed E-state index contributed by atoms with van der Waals surface area (Å²) in [7, 11) is 1.56. The smallest absolute Gasteiger partial charge is 0.319 e. The van der Waals surface area contributed by atoms with Crippen molar-refractivity contribution < 1.29 is 14.6 Å². The first-order valence-corrected chi connectivity index (χ1v) is 6.61. The highest BCUT2D eigenvalue weighted by molar-refractivity contribution is 5.89. The van der Waals surface area contributed by atoms with Crippen LogP contribution in [0.3, 0.4) is 0 Å². The Hall–Kier alpha value is -2.53. The van der Waals surface area contributed by atoms with Gasteiger partial charge in [0.15, 0.2) is 0 Å². The number of aliphatic hydroxyl groups is 1. The zero-order chi connectivity index (χ0) is 15.1. The molecule has 0 aliphatic carbocycles. The fourth-order valence-corrected chi connectivity index (χ4v) is 1.86. The average molecular weight is 286 g/mol. The standard InChI is InChI=1S/C16H18N2O3/c1-21-14-9-5-8-13(10-14)18-16(20)17-11-15(19)12-6-3-2-4-7-12/h2-10,15,19H,11H2,1H3,(H2,17,18,20). The number of aliphatic hydroxyl groups excluding tert-OH is 1. The van der Waals surface area contributed by atoms with Crippen molar-refractivity contribution in [2.24, 2.45) is 0 Å². The van der Waals surface area contributed by atoms with Crippen LogP contribution >= 0.6 is 0 Å². The molecule has 1 atom stereocenters. The highest BCUT2D eigenvalue weighted by atomic mass is 16.5. The minimum atomic E-state index is -0.734. The number of anilines is 1. The number of carbonyl (C=O) groups is 1. The van der Waals surface area contributed by atoms with Crippen LogP contribution in [0.5, 0.6) is 5.75 Å². The van der Waals surface area contributed by atoms with Gasteiger partial charge in [-0.1, -0.05) is 36.4 Å². The molecule has 0 radical (unpaired) electrons. The summed E-state index contributed by atoms with van der Waals surface area (Å²) in [5.74, 6) is 0.664. The second-order valence-electron chi connectivity index (χ2n) is 4.49. The molecule has 0 saturated heterocycles. The van der Waals surface area contributed by atoms with Gasteiger partial charge in [0.25, 0.3) is 0 Å². The Morgan fingerprint density at radius 3 is 2.67 bits per heavy atom. The number of benzene rings is 2. The molecule has 0 aliphatic heterocycles. The lowest BCUT2D eigenvalue weighted by Gasteiger charge is -2.13. The van der Waals surface area contributed by atoms with Crippen molar-refractivity contribution in [3.8, 4) is 5.75 Å². The Morgan fingerprint density at radius 2 is 1.95 bits per heavy atom. The minimum absolute atomic E-state index is 0.139. The molecule has 0 saturated carbocycles. The molecule has 0 aliphatic rings. The molecule has 0 heterocycles. The van der Waals surface area contributed by atoms with Crippen LogP contribution in [0.4, 0.5) is 10.5 Å². The van der Waals surface area contributed by atoms with E-state index in [0.717, 1.165) is 5.56 Å². The number of urea groups is 1. The molecule has 0 bridgehead atoms. The van der Waals surface area contributed by atoms with Crippen LogP contribution in [0.1, 0.15) is 11.7 Å². The zero-order valence-electron chi connectivity index (χ0n) is 11.7. The Kier molecular flexibility index (Phi) is 5.17. The van der Waals surface area contributed by atoms with Gasteiger partial charge in [-0.3, -0.25) is 0 Å². The van der Waals surface area contributed by atoms with E-state index < -0.39 is 6.10 Å². The number of ether oxygens (including phenoxy) is 1. The Bertz CT molecular complexity index is 587. The summed E-state index contributed by atoms with van der Waals surface area (Å²) in [6.07, 6.45) is -0.734. The van der Waals surface area contributed by atoms with Gasteiger partial charge in [-0.15, -0.1) is 0 Å². The summed E-state index contributed by atoms with van der Waals surface area (Å²) >= 11 is 0. The van der Waals surface area contributed by atoms with Gasteiger partial charge in [-0.25, -0.2) is 4.79 Å². The van der Waals surface area contributed by atoms with E-state index in [0.29, 0.717) is 11.4 Å². The van der Waals surface area contributed by atoms with Crippen molar-refractivity contribution in [1.29, 1.82) is 0 Å². The summed E-state index contributed by atoms with van der Waals surface area (Å²) in [5, 5.41) is 15.3. The molecule has 0 spiro atoms. The Morgan fingerprint density at radius 1 is 1.19 bits per heavy atom. The average Bonchev–Trinajstić information content (AvgIpc) is 2.53. The zero-order valence-corrected chi connectivity index (χ0v) is 11.7. The first-order chi connectivity index (χ1) is 10.2. The van der Waals surface area contributed by atoms with Gasteiger partial charge in [-0.2, -0.15) is 0 Å². The normalized spacial score (nSPS) is 11.5. The monoisotopic (exact) mass is 286 g/mol. The molecule has 0 fully saturated rings. The van der Waals surface area contributed by atoms with Crippen molar-refractivity contribution in [3.05, 3.63) is 60.2 Å². The fourth-order valence-electron chi connectivity index (χ4n) is 1.86. The van der Waals surface area contributed by atoms with E-state index in [1.165, 1.54) is 0 Å². The van der Waals surface area contributed by atoms with Gasteiger partial charge in [0.05, 0.1) is 13.2 Å². The van der Waals surface area contributed by atoms with Gasteiger partial charge in [0.2, 0.25) is 0 Å². The van der Waals surface area contributed by atoms with E-state index in [-0.39, 0.29) is 12.6 Å². The van der Waals surface area contributed by atoms with Crippen LogP contribution in [0.25, 0.3) is 0 Å². The molecule has 3 N–H and O–H groups in total. The van der Waals surface area contributed by atoms with Crippen LogP contribution in [-0.2, 0) is 0 Å². The second-order valence-corrected chi connectivity index (χ2v) is 4.49. The van der Waals surface area contributed by atoms with Crippen molar-refractivity contribution in [2.75, 3.05) is 19.0 Å². The fraction of sp³-hybridized carbons (Fsp3) is 0.188. The first kappa shape index (κ1) is 14.9. The third-order valence-corrected chi connectivity index (χ3v) is 2.97. The Balaban J connectivity index is 1.84. The van der Waals surface area contributed by atoms with E-state index in [1.54, 1.807) is 31.4 Å². The van der Waals surface area contributed by atoms with Crippen LogP contribution in [0.2, 0.25) is 0 Å². The highest BCUT2D eigenvalue weighted by Crippen LogP contribution is 2.16. The third-order valence-electron chi connectivity index (χ3n) is 2.97. The summed E-state index contributed by atoms with van der Waals surface area (Å²) < 4.78 is 5.08. The second kappa shape index (κ2) is 7.31. The lowest BCUT2D eigenvalue weighted by Crippen LogP contribution is -2.32. The number of hydrogen-bond donors (Lipinski definition) is 3. The lowest BCUT2D eigenvalue weighted by molar-refractivity contribution is 0.175. The maximum Gasteiger partial charge on any atom is 0.319 e. The molecular formula is C16H18N2O3. The SMILES string of the molecule is COc1cccc(NC(=O)NCC(O)c2ccccc2)c1. The molecule has 0 aromatic heterocycles. The van der Waals surface area contributed by atoms with E-state index in [1.807, 2.05) is 30.3 Å². The van der Waals surface area contributed by atoms with Gasteiger partial charge < -0.3 is 20.5 Å². The Labute approximate surface area is 123 Å². The quantitative estimate of drug-likeness (QED) is 0.791. The van der Waals surface area contributed by atoms with Crippen molar-refractivity contribution >= 4 is 11.7 Å². The molecule has 2 rings (SSSR count). The van der Waals surface area contributed by atoms with Crippen molar-refractivity contribution in [2.45, 2.75) is 6.10 Å². The van der Waals surface area contributed by atoms with Crippen LogP contribution in [0.15, 0.2) is 54.6 Å². The van der Waals surface area contributed by atoms with Crippen molar-refractivity contribution in [3.63, 3.8) is 0 Å². The number of nitrogens with one attached hydrogen (secondary N) is 2. The lowest BCUT2D eigenvalue weighted by atomic mass is 10.1. The maximum atomic E-state index is 11.8. The van der Waals surface area contributed by atoms with Crippen molar-refractivity contribution in [1.82, 2.24) is 5.32 Å². The summed E-state index contributed by atoms with van der Waals surface area (Å²) in [6.45, 7) is 0.139. The number of amides is 2. The maximum absolute atomic E-state index is 11.8. The summed E-state index contributed by atoms with van der Waals surface area (Å²) in [5.41, 5.74) is 1.39. The van der Waals surface area contributed by atoms with E-state index in [9.17, 15) is 9.90 Å². The molecular weight excluding hydrogens is 268 g/mol. The number of hydrogen-bond acceptors (Lipinski definition) is 3.